The molecule has 1 unspecified atom stereocenters. The highest BCUT2D eigenvalue weighted by Crippen LogP contribution is 2.20. The molecular formula is C16H30N4O4S. The Labute approximate surface area is 150 Å². The maximum atomic E-state index is 11.7. The van der Waals surface area contributed by atoms with Gasteiger partial charge in [0, 0.05) is 26.7 Å². The maximum Gasteiger partial charge on any atom is 0.213 e. The van der Waals surface area contributed by atoms with Crippen LogP contribution >= 0.6 is 0 Å². The minimum atomic E-state index is -3.15. The van der Waals surface area contributed by atoms with E-state index in [4.69, 9.17) is 4.42 Å². The van der Waals surface area contributed by atoms with E-state index < -0.39 is 15.6 Å². The van der Waals surface area contributed by atoms with Gasteiger partial charge in [0.05, 0.1) is 18.6 Å². The van der Waals surface area contributed by atoms with E-state index >= 15 is 0 Å². The largest absolute Gasteiger partial charge is 0.466 e. The predicted octanol–water partition coefficient (Wildman–Crippen LogP) is 0.714. The van der Waals surface area contributed by atoms with Crippen molar-refractivity contribution in [2.75, 3.05) is 39.0 Å². The van der Waals surface area contributed by atoms with Gasteiger partial charge in [0.1, 0.15) is 11.4 Å². The van der Waals surface area contributed by atoms with Gasteiger partial charge < -0.3 is 20.2 Å². The number of nitrogens with one attached hydrogen (secondary N) is 2. The molecule has 0 radical (unpaired) electrons. The highest BCUT2D eigenvalue weighted by molar-refractivity contribution is 7.89. The van der Waals surface area contributed by atoms with Crippen molar-refractivity contribution in [3.8, 4) is 0 Å². The second-order valence-electron chi connectivity index (χ2n) is 5.95. The molecule has 0 fully saturated rings. The first-order valence-electron chi connectivity index (χ1n) is 8.45. The van der Waals surface area contributed by atoms with Crippen LogP contribution in [0.4, 0.5) is 0 Å². The minimum Gasteiger partial charge on any atom is -0.466 e. The van der Waals surface area contributed by atoms with Crippen molar-refractivity contribution in [1.29, 1.82) is 0 Å². The molecule has 0 spiro atoms. The molecule has 0 aliphatic carbocycles. The van der Waals surface area contributed by atoms with Gasteiger partial charge in [-0.1, -0.05) is 0 Å². The summed E-state index contributed by atoms with van der Waals surface area (Å²) in [5, 5.41) is 16.7. The Bertz CT molecular complexity index is 627. The zero-order valence-electron chi connectivity index (χ0n) is 15.4. The number of hydrogen-bond acceptors (Lipinski definition) is 5. The molecule has 0 aromatic carbocycles. The van der Waals surface area contributed by atoms with E-state index in [2.05, 4.69) is 15.6 Å². The van der Waals surface area contributed by atoms with Crippen LogP contribution in [0.15, 0.2) is 27.8 Å². The lowest BCUT2D eigenvalue weighted by atomic mass is 10.0. The van der Waals surface area contributed by atoms with Gasteiger partial charge in [0.25, 0.3) is 0 Å². The Balaban J connectivity index is 2.51. The van der Waals surface area contributed by atoms with Crippen molar-refractivity contribution in [1.82, 2.24) is 14.9 Å². The number of nitrogens with zero attached hydrogens (tertiary/aromatic N) is 2. The first-order chi connectivity index (χ1) is 11.7. The van der Waals surface area contributed by atoms with Gasteiger partial charge in [-0.3, -0.25) is 0 Å². The lowest BCUT2D eigenvalue weighted by Crippen LogP contribution is -2.40. The average molecular weight is 375 g/mol. The van der Waals surface area contributed by atoms with Crippen molar-refractivity contribution in [3.63, 3.8) is 0 Å². The lowest BCUT2D eigenvalue weighted by Gasteiger charge is -2.20. The summed E-state index contributed by atoms with van der Waals surface area (Å²) < 4.78 is 30.0. The zero-order valence-corrected chi connectivity index (χ0v) is 16.3. The van der Waals surface area contributed by atoms with Crippen molar-refractivity contribution in [2.24, 2.45) is 4.99 Å². The molecular weight excluding hydrogens is 344 g/mol. The van der Waals surface area contributed by atoms with Crippen molar-refractivity contribution in [2.45, 2.75) is 32.8 Å². The van der Waals surface area contributed by atoms with Gasteiger partial charge in [-0.15, -0.1) is 0 Å². The van der Waals surface area contributed by atoms with Crippen LogP contribution in [0.5, 0.6) is 0 Å². The molecule has 1 rings (SSSR count). The number of furan rings is 1. The fraction of sp³-hybridized carbons (Fsp3) is 0.688. The first kappa shape index (κ1) is 21.5. The van der Waals surface area contributed by atoms with E-state index in [1.165, 1.54) is 10.6 Å². The Kier molecular flexibility index (Phi) is 8.40. The summed E-state index contributed by atoms with van der Waals surface area (Å²) in [4.78, 5) is 4.38. The topological polar surface area (TPSA) is 107 Å². The highest BCUT2D eigenvalue weighted by atomic mass is 32.2. The molecule has 25 heavy (non-hydrogen) atoms. The standard InChI is InChI=1S/C16H30N4O4S/c1-5-17-15(18-10-8-11-20(4)25(22,23)6-2)19-13-16(3,21)14-9-7-12-24-14/h7,9,12,21H,5-6,8,10-11,13H2,1-4H3,(H2,17,18,19). The van der Waals surface area contributed by atoms with Crippen LogP contribution in [0, 0.1) is 0 Å². The molecule has 1 aromatic rings. The fourth-order valence-corrected chi connectivity index (χ4v) is 2.95. The van der Waals surface area contributed by atoms with E-state index in [0.29, 0.717) is 37.8 Å². The third kappa shape index (κ3) is 7.05. The fourth-order valence-electron chi connectivity index (χ4n) is 2.11. The zero-order chi connectivity index (χ0) is 18.9. The number of aliphatic hydroxyl groups is 1. The Morgan fingerprint density at radius 2 is 2.12 bits per heavy atom. The van der Waals surface area contributed by atoms with Crippen LogP contribution in [0.3, 0.4) is 0 Å². The van der Waals surface area contributed by atoms with Gasteiger partial charge in [-0.2, -0.15) is 0 Å². The maximum absolute atomic E-state index is 11.7. The minimum absolute atomic E-state index is 0.100. The van der Waals surface area contributed by atoms with Crippen molar-refractivity contribution in [3.05, 3.63) is 24.2 Å². The van der Waals surface area contributed by atoms with Crippen LogP contribution in [0.25, 0.3) is 0 Å². The molecule has 1 heterocycles. The van der Waals surface area contributed by atoms with Crippen LogP contribution in [-0.2, 0) is 15.6 Å². The van der Waals surface area contributed by atoms with Crippen molar-refractivity contribution < 1.29 is 17.9 Å². The summed E-state index contributed by atoms with van der Waals surface area (Å²) >= 11 is 0. The normalized spacial score (nSPS) is 15.2. The molecule has 0 aliphatic heterocycles. The van der Waals surface area contributed by atoms with Gasteiger partial charge in [0.15, 0.2) is 5.96 Å². The van der Waals surface area contributed by atoms with Gasteiger partial charge in [-0.05, 0) is 39.3 Å². The molecule has 9 heteroatoms. The lowest BCUT2D eigenvalue weighted by molar-refractivity contribution is 0.0437. The molecule has 8 nitrogen and oxygen atoms in total. The van der Waals surface area contributed by atoms with E-state index in [9.17, 15) is 13.5 Å². The first-order valence-corrected chi connectivity index (χ1v) is 10.1. The molecule has 0 bridgehead atoms. The summed E-state index contributed by atoms with van der Waals surface area (Å²) in [6.45, 7) is 7.04. The second-order valence-corrected chi connectivity index (χ2v) is 8.31. The predicted molar refractivity (Wildman–Crippen MR) is 99.0 cm³/mol. The van der Waals surface area contributed by atoms with Crippen LogP contribution in [-0.4, -0.2) is 62.8 Å². The quantitative estimate of drug-likeness (QED) is 0.316. The van der Waals surface area contributed by atoms with Gasteiger partial charge >= 0.3 is 0 Å². The molecule has 3 N–H and O–H groups in total. The Morgan fingerprint density at radius 1 is 1.40 bits per heavy atom. The molecule has 0 saturated heterocycles. The van der Waals surface area contributed by atoms with Gasteiger partial charge in [0.2, 0.25) is 10.0 Å². The van der Waals surface area contributed by atoms with Crippen LogP contribution < -0.4 is 10.6 Å². The van der Waals surface area contributed by atoms with E-state index in [1.807, 2.05) is 6.92 Å². The molecule has 1 atom stereocenters. The number of aliphatic imine (C=N–C) groups is 1. The molecule has 0 aliphatic rings. The third-order valence-corrected chi connectivity index (χ3v) is 5.59. The number of guanidine groups is 1. The Hall–Kier alpha value is -1.58. The van der Waals surface area contributed by atoms with Crippen LogP contribution in [0.2, 0.25) is 0 Å². The molecule has 0 amide bonds. The van der Waals surface area contributed by atoms with Crippen LogP contribution in [0.1, 0.15) is 33.0 Å². The average Bonchev–Trinajstić information content (AvgIpc) is 3.11. The van der Waals surface area contributed by atoms with E-state index in [0.717, 1.165) is 0 Å². The highest BCUT2D eigenvalue weighted by Gasteiger charge is 2.26. The molecule has 0 saturated carbocycles. The van der Waals surface area contributed by atoms with E-state index in [1.54, 1.807) is 33.0 Å². The summed E-state index contributed by atoms with van der Waals surface area (Å²) in [7, 11) is -1.57. The number of sulfonamides is 1. The smallest absolute Gasteiger partial charge is 0.213 e. The molecule has 144 valence electrons. The summed E-state index contributed by atoms with van der Waals surface area (Å²) in [6, 6.07) is 3.43. The second kappa shape index (κ2) is 9.79. The van der Waals surface area contributed by atoms with E-state index in [-0.39, 0.29) is 12.3 Å². The summed E-state index contributed by atoms with van der Waals surface area (Å²) in [6.07, 6.45) is 2.16. The summed E-state index contributed by atoms with van der Waals surface area (Å²) in [5.74, 6) is 1.12. The monoisotopic (exact) mass is 374 g/mol. The third-order valence-electron chi connectivity index (χ3n) is 3.72. The van der Waals surface area contributed by atoms with Gasteiger partial charge in [-0.25, -0.2) is 17.7 Å². The SMILES string of the molecule is CCNC(=NCC(C)(O)c1ccco1)NCCCN(C)S(=O)(=O)CC. The van der Waals surface area contributed by atoms with Crippen molar-refractivity contribution >= 4 is 16.0 Å². The number of rotatable bonds is 10. The summed E-state index contributed by atoms with van der Waals surface area (Å²) in [5.41, 5.74) is -1.19. The Morgan fingerprint density at radius 3 is 2.68 bits per heavy atom. The number of hydrogen-bond donors (Lipinski definition) is 3. The molecule has 1 aromatic heterocycles.